The lowest BCUT2D eigenvalue weighted by atomic mass is 10.1. The largest absolute Gasteiger partial charge is 0.255 e. The summed E-state index contributed by atoms with van der Waals surface area (Å²) in [5, 5.41) is 2.15. The highest BCUT2D eigenvalue weighted by atomic mass is 14.8. The van der Waals surface area contributed by atoms with Gasteiger partial charge in [-0.1, -0.05) is 61.2 Å². The van der Waals surface area contributed by atoms with Gasteiger partial charge in [0, 0.05) is 12.4 Å². The summed E-state index contributed by atoms with van der Waals surface area (Å²) in [6.45, 7) is 6.14. The number of hydrogen-bond acceptors (Lipinski definition) is 2. The number of pyridine rings is 2. The van der Waals surface area contributed by atoms with Crippen molar-refractivity contribution in [2.75, 3.05) is 0 Å². The van der Waals surface area contributed by atoms with Crippen LogP contribution in [0.15, 0.2) is 85.2 Å². The SMILES string of the molecule is C=c1cccc/c1=C(/C=C\C)\C=C/c1ccnc(-c2ccccn2)c1. The van der Waals surface area contributed by atoms with Crippen LogP contribution in [0.5, 0.6) is 0 Å². The Bertz CT molecular complexity index is 1020. The molecule has 0 atom stereocenters. The van der Waals surface area contributed by atoms with E-state index in [0.29, 0.717) is 0 Å². The quantitative estimate of drug-likeness (QED) is 0.725. The average Bonchev–Trinajstić information content (AvgIpc) is 2.67. The molecule has 2 heteroatoms. The van der Waals surface area contributed by atoms with E-state index in [-0.39, 0.29) is 0 Å². The third-order valence-corrected chi connectivity index (χ3v) is 3.84. The molecule has 3 rings (SSSR count). The lowest BCUT2D eigenvalue weighted by molar-refractivity contribution is 1.24. The number of aromatic nitrogens is 2. The normalized spacial score (nSPS) is 12.7. The van der Waals surface area contributed by atoms with Crippen LogP contribution in [-0.2, 0) is 0 Å². The topological polar surface area (TPSA) is 25.8 Å². The first kappa shape index (κ1) is 16.6. The molecule has 122 valence electrons. The van der Waals surface area contributed by atoms with Crippen molar-refractivity contribution in [1.82, 2.24) is 9.97 Å². The number of allylic oxidation sites excluding steroid dienone is 3. The molecule has 0 saturated heterocycles. The van der Waals surface area contributed by atoms with Crippen LogP contribution < -0.4 is 10.4 Å². The summed E-state index contributed by atoms with van der Waals surface area (Å²) in [7, 11) is 0. The van der Waals surface area contributed by atoms with Crippen molar-refractivity contribution in [2.24, 2.45) is 0 Å². The van der Waals surface area contributed by atoms with Crippen LogP contribution in [0, 0.1) is 0 Å². The van der Waals surface area contributed by atoms with Crippen LogP contribution in [0.25, 0.3) is 29.6 Å². The van der Waals surface area contributed by atoms with Gasteiger partial charge in [-0.05, 0) is 52.8 Å². The van der Waals surface area contributed by atoms with Crippen molar-refractivity contribution in [3.63, 3.8) is 0 Å². The van der Waals surface area contributed by atoms with E-state index in [2.05, 4.69) is 40.8 Å². The zero-order valence-electron chi connectivity index (χ0n) is 14.3. The molecular weight excluding hydrogens is 304 g/mol. The molecule has 0 unspecified atom stereocenters. The van der Waals surface area contributed by atoms with Gasteiger partial charge in [-0.2, -0.15) is 0 Å². The summed E-state index contributed by atoms with van der Waals surface area (Å²) in [5.41, 5.74) is 3.95. The monoisotopic (exact) mass is 324 g/mol. The molecule has 0 N–H and O–H groups in total. The van der Waals surface area contributed by atoms with Crippen LogP contribution in [0.3, 0.4) is 0 Å². The third-order valence-electron chi connectivity index (χ3n) is 3.84. The van der Waals surface area contributed by atoms with Crippen molar-refractivity contribution in [2.45, 2.75) is 6.92 Å². The molecule has 25 heavy (non-hydrogen) atoms. The molecule has 0 fully saturated rings. The Kier molecular flexibility index (Phi) is 5.32. The van der Waals surface area contributed by atoms with Crippen molar-refractivity contribution in [3.05, 3.63) is 101 Å². The molecule has 2 aromatic heterocycles. The summed E-state index contributed by atoms with van der Waals surface area (Å²) >= 11 is 0. The predicted molar refractivity (Wildman–Crippen MR) is 106 cm³/mol. The van der Waals surface area contributed by atoms with Crippen molar-refractivity contribution < 1.29 is 0 Å². The number of benzene rings is 1. The lowest BCUT2D eigenvalue weighted by Gasteiger charge is -2.01. The zero-order valence-corrected chi connectivity index (χ0v) is 14.3. The van der Waals surface area contributed by atoms with Gasteiger partial charge in [-0.3, -0.25) is 9.97 Å². The average molecular weight is 324 g/mol. The molecule has 0 amide bonds. The van der Waals surface area contributed by atoms with Gasteiger partial charge in [-0.15, -0.1) is 0 Å². The summed E-state index contributed by atoms with van der Waals surface area (Å²) in [6, 6.07) is 18.0. The highest BCUT2D eigenvalue weighted by Crippen LogP contribution is 2.16. The highest BCUT2D eigenvalue weighted by Gasteiger charge is 2.00. The molecule has 2 heterocycles. The molecule has 0 aliphatic rings. The zero-order chi connectivity index (χ0) is 17.5. The number of rotatable bonds is 4. The fourth-order valence-corrected chi connectivity index (χ4v) is 2.61. The molecule has 0 spiro atoms. The maximum absolute atomic E-state index is 4.42. The highest BCUT2D eigenvalue weighted by molar-refractivity contribution is 5.74. The summed E-state index contributed by atoms with van der Waals surface area (Å²) < 4.78 is 0. The molecule has 0 bridgehead atoms. The van der Waals surface area contributed by atoms with E-state index < -0.39 is 0 Å². The van der Waals surface area contributed by atoms with Gasteiger partial charge >= 0.3 is 0 Å². The summed E-state index contributed by atoms with van der Waals surface area (Å²) in [5.74, 6) is 0. The van der Waals surface area contributed by atoms with Gasteiger partial charge in [0.1, 0.15) is 0 Å². The molecular formula is C23H20N2. The van der Waals surface area contributed by atoms with Crippen LogP contribution >= 0.6 is 0 Å². The van der Waals surface area contributed by atoms with Crippen molar-refractivity contribution >= 4 is 18.2 Å². The minimum Gasteiger partial charge on any atom is -0.255 e. The Balaban J connectivity index is 2.00. The third kappa shape index (κ3) is 4.18. The van der Waals surface area contributed by atoms with E-state index in [4.69, 9.17) is 0 Å². The van der Waals surface area contributed by atoms with Gasteiger partial charge in [-0.25, -0.2) is 0 Å². The van der Waals surface area contributed by atoms with E-state index in [0.717, 1.165) is 33.0 Å². The fourth-order valence-electron chi connectivity index (χ4n) is 2.61. The molecule has 0 aliphatic heterocycles. The van der Waals surface area contributed by atoms with Gasteiger partial charge < -0.3 is 0 Å². The van der Waals surface area contributed by atoms with Gasteiger partial charge in [0.15, 0.2) is 0 Å². The smallest absolute Gasteiger partial charge is 0.0892 e. The van der Waals surface area contributed by atoms with Crippen LogP contribution in [0.4, 0.5) is 0 Å². The van der Waals surface area contributed by atoms with E-state index in [1.165, 1.54) is 0 Å². The number of hydrogen-bond donors (Lipinski definition) is 0. The van der Waals surface area contributed by atoms with Crippen LogP contribution in [-0.4, -0.2) is 9.97 Å². The summed E-state index contributed by atoms with van der Waals surface area (Å²) in [6.07, 6.45) is 11.9. The molecule has 1 aromatic carbocycles. The second-order valence-electron chi connectivity index (χ2n) is 5.64. The first-order valence-corrected chi connectivity index (χ1v) is 8.24. The van der Waals surface area contributed by atoms with Crippen molar-refractivity contribution in [1.29, 1.82) is 0 Å². The van der Waals surface area contributed by atoms with Crippen LogP contribution in [0.2, 0.25) is 0 Å². The Morgan fingerprint density at radius 3 is 2.44 bits per heavy atom. The van der Waals surface area contributed by atoms with E-state index in [9.17, 15) is 0 Å². The second-order valence-corrected chi connectivity index (χ2v) is 5.64. The van der Waals surface area contributed by atoms with Gasteiger partial charge in [0.2, 0.25) is 0 Å². The second kappa shape index (κ2) is 8.02. The van der Waals surface area contributed by atoms with Gasteiger partial charge in [0.25, 0.3) is 0 Å². The maximum Gasteiger partial charge on any atom is 0.0892 e. The van der Waals surface area contributed by atoms with E-state index in [1.807, 2.05) is 67.7 Å². The Hall–Kier alpha value is -3.26. The Morgan fingerprint density at radius 1 is 0.880 bits per heavy atom. The van der Waals surface area contributed by atoms with Gasteiger partial charge in [0.05, 0.1) is 11.4 Å². The first-order valence-electron chi connectivity index (χ1n) is 8.24. The standard InChI is InChI=1S/C23H20N2/c1-3-8-20(21-10-5-4-9-18(21)2)13-12-19-14-16-25-23(17-19)22-11-6-7-15-24-22/h3-17H,2H2,1H3/b8-3-,13-12-,21-20+. The van der Waals surface area contributed by atoms with E-state index >= 15 is 0 Å². The molecule has 0 radical (unpaired) electrons. The molecule has 3 aromatic rings. The minimum atomic E-state index is 0.868. The molecule has 0 aliphatic carbocycles. The first-order chi connectivity index (χ1) is 12.3. The molecule has 2 nitrogen and oxygen atoms in total. The number of nitrogens with zero attached hydrogens (tertiary/aromatic N) is 2. The predicted octanol–water partition coefficient (Wildman–Crippen LogP) is 3.99. The van der Waals surface area contributed by atoms with Crippen LogP contribution in [0.1, 0.15) is 12.5 Å². The Morgan fingerprint density at radius 2 is 1.68 bits per heavy atom. The van der Waals surface area contributed by atoms with Crippen molar-refractivity contribution in [3.8, 4) is 11.4 Å². The lowest BCUT2D eigenvalue weighted by Crippen LogP contribution is -2.23. The fraction of sp³-hybridized carbons (Fsp3) is 0.0435. The molecule has 0 saturated carbocycles. The van der Waals surface area contributed by atoms with E-state index in [1.54, 1.807) is 6.20 Å². The maximum atomic E-state index is 4.42. The Labute approximate surface area is 148 Å². The minimum absolute atomic E-state index is 0.868. The summed E-state index contributed by atoms with van der Waals surface area (Å²) in [4.78, 5) is 8.78.